The summed E-state index contributed by atoms with van der Waals surface area (Å²) in [6.45, 7) is 5.47. The van der Waals surface area contributed by atoms with E-state index in [1.54, 1.807) is 12.3 Å². The third-order valence-electron chi connectivity index (χ3n) is 3.41. The van der Waals surface area contributed by atoms with E-state index in [1.807, 2.05) is 26.8 Å². The summed E-state index contributed by atoms with van der Waals surface area (Å²) >= 11 is 0. The number of ether oxygens (including phenoxy) is 2. The van der Waals surface area contributed by atoms with E-state index in [-0.39, 0.29) is 11.9 Å². The van der Waals surface area contributed by atoms with Gasteiger partial charge in [-0.05, 0) is 50.8 Å². The van der Waals surface area contributed by atoms with E-state index in [4.69, 9.17) is 9.47 Å². The molecule has 1 aromatic rings. The third kappa shape index (κ3) is 3.72. The number of carbonyl (C=O) groups is 2. The van der Waals surface area contributed by atoms with Gasteiger partial charge in [0.25, 0.3) is 0 Å². The molecule has 0 bridgehead atoms. The molecule has 1 heterocycles. The Kier molecular flexibility index (Phi) is 4.64. The number of hydrogen-bond donors (Lipinski definition) is 0. The van der Waals surface area contributed by atoms with Crippen LogP contribution in [0.3, 0.4) is 0 Å². The molecule has 0 saturated heterocycles. The minimum absolute atomic E-state index is 0.273. The van der Waals surface area contributed by atoms with E-state index >= 15 is 0 Å². The second-order valence-electron chi connectivity index (χ2n) is 6.26. The Morgan fingerprint density at radius 2 is 2.09 bits per heavy atom. The number of aromatic nitrogens is 1. The van der Waals surface area contributed by atoms with Gasteiger partial charge >= 0.3 is 11.9 Å². The highest BCUT2D eigenvalue weighted by Gasteiger charge is 2.30. The van der Waals surface area contributed by atoms with Crippen molar-refractivity contribution in [2.24, 2.45) is 0 Å². The minimum atomic E-state index is -0.537. The van der Waals surface area contributed by atoms with Crippen molar-refractivity contribution in [3.63, 3.8) is 0 Å². The van der Waals surface area contributed by atoms with E-state index in [1.165, 1.54) is 13.2 Å². The number of nitrogens with zero attached hydrogens (tertiary/aromatic N) is 1. The molecule has 1 aliphatic carbocycles. The zero-order valence-corrected chi connectivity index (χ0v) is 13.4. The Morgan fingerprint density at radius 1 is 1.36 bits per heavy atom. The van der Waals surface area contributed by atoms with Gasteiger partial charge in [-0.25, -0.2) is 4.79 Å². The van der Waals surface area contributed by atoms with Crippen molar-refractivity contribution in [3.05, 3.63) is 35.7 Å². The van der Waals surface area contributed by atoms with E-state index in [0.29, 0.717) is 18.5 Å². The molecule has 22 heavy (non-hydrogen) atoms. The summed E-state index contributed by atoms with van der Waals surface area (Å²) in [6, 6.07) is 3.64. The molecule has 1 unspecified atom stereocenters. The topological polar surface area (TPSA) is 65.5 Å². The largest absolute Gasteiger partial charge is 0.469 e. The van der Waals surface area contributed by atoms with Gasteiger partial charge in [0.15, 0.2) is 0 Å². The molecule has 0 fully saturated rings. The predicted octanol–water partition coefficient (Wildman–Crippen LogP) is 2.86. The fourth-order valence-corrected chi connectivity index (χ4v) is 2.54. The second kappa shape index (κ2) is 6.30. The van der Waals surface area contributed by atoms with Gasteiger partial charge in [-0.2, -0.15) is 0 Å². The van der Waals surface area contributed by atoms with Crippen LogP contribution in [0.15, 0.2) is 24.4 Å². The first-order valence-corrected chi connectivity index (χ1v) is 7.28. The number of hydrogen-bond acceptors (Lipinski definition) is 5. The van der Waals surface area contributed by atoms with Crippen molar-refractivity contribution >= 4 is 17.5 Å². The van der Waals surface area contributed by atoms with Crippen LogP contribution in [0, 0.1) is 0 Å². The maximum Gasteiger partial charge on any atom is 0.331 e. The Bertz CT molecular complexity index is 613. The number of carbonyl (C=O) groups excluding carboxylic acids is 2. The highest BCUT2D eigenvalue weighted by molar-refractivity contribution is 5.93. The van der Waals surface area contributed by atoms with Crippen LogP contribution in [0.25, 0.3) is 5.57 Å². The fraction of sp³-hybridized carbons (Fsp3) is 0.471. The predicted molar refractivity (Wildman–Crippen MR) is 82.1 cm³/mol. The Labute approximate surface area is 130 Å². The molecule has 0 saturated carbocycles. The molecule has 0 aromatic carbocycles. The van der Waals surface area contributed by atoms with E-state index in [9.17, 15) is 9.59 Å². The first-order chi connectivity index (χ1) is 10.3. The van der Waals surface area contributed by atoms with Gasteiger partial charge in [-0.1, -0.05) is 6.07 Å². The van der Waals surface area contributed by atoms with Crippen LogP contribution >= 0.6 is 0 Å². The molecule has 1 aliphatic rings. The van der Waals surface area contributed by atoms with Gasteiger partial charge in [0.05, 0.1) is 18.7 Å². The molecule has 5 heteroatoms. The van der Waals surface area contributed by atoms with Crippen molar-refractivity contribution in [2.75, 3.05) is 7.11 Å². The lowest BCUT2D eigenvalue weighted by Gasteiger charge is -2.25. The molecule has 118 valence electrons. The first kappa shape index (κ1) is 16.2. The minimum Gasteiger partial charge on any atom is -0.469 e. The van der Waals surface area contributed by atoms with Crippen molar-refractivity contribution < 1.29 is 19.1 Å². The number of allylic oxidation sites excluding steroid dienone is 1. The van der Waals surface area contributed by atoms with Crippen molar-refractivity contribution in [3.8, 4) is 0 Å². The summed E-state index contributed by atoms with van der Waals surface area (Å²) in [7, 11) is 1.38. The quantitative estimate of drug-likeness (QED) is 0.621. The van der Waals surface area contributed by atoms with Crippen molar-refractivity contribution in [1.29, 1.82) is 0 Å². The lowest BCUT2D eigenvalue weighted by Crippen LogP contribution is -2.24. The third-order valence-corrected chi connectivity index (χ3v) is 3.41. The average molecular weight is 303 g/mol. The molecule has 0 N–H and O–H groups in total. The lowest BCUT2D eigenvalue weighted by molar-refractivity contribution is -0.148. The number of pyridine rings is 1. The summed E-state index contributed by atoms with van der Waals surface area (Å²) in [5.41, 5.74) is 1.74. The molecule has 0 amide bonds. The monoisotopic (exact) mass is 303 g/mol. The molecule has 0 spiro atoms. The van der Waals surface area contributed by atoms with Crippen LogP contribution in [0.1, 0.15) is 50.8 Å². The Morgan fingerprint density at radius 3 is 2.73 bits per heavy atom. The molecule has 1 atom stereocenters. The van der Waals surface area contributed by atoms with E-state index < -0.39 is 11.6 Å². The SMILES string of the molecule is COC(=O)C1CC/C(=C\C(=O)OC(C)(C)C)c2ncccc21. The average Bonchev–Trinajstić information content (AvgIpc) is 2.45. The summed E-state index contributed by atoms with van der Waals surface area (Å²) in [4.78, 5) is 28.2. The van der Waals surface area contributed by atoms with Crippen LogP contribution in [0.4, 0.5) is 0 Å². The van der Waals surface area contributed by atoms with E-state index in [0.717, 1.165) is 11.1 Å². The number of methoxy groups -OCH3 is 1. The lowest BCUT2D eigenvalue weighted by atomic mass is 9.82. The zero-order chi connectivity index (χ0) is 16.3. The summed E-state index contributed by atoms with van der Waals surface area (Å²) in [6.07, 6.45) is 4.31. The summed E-state index contributed by atoms with van der Waals surface area (Å²) < 4.78 is 10.2. The molecule has 0 aliphatic heterocycles. The normalized spacial score (nSPS) is 19.5. The highest BCUT2D eigenvalue weighted by Crippen LogP contribution is 2.37. The standard InChI is InChI=1S/C17H21NO4/c1-17(2,3)22-14(19)10-11-7-8-13(16(20)21-4)12-6-5-9-18-15(11)12/h5-6,9-10,13H,7-8H2,1-4H3/b11-10+. The molecular formula is C17H21NO4. The Balaban J connectivity index is 2.32. The van der Waals surface area contributed by atoms with Gasteiger partial charge < -0.3 is 9.47 Å². The number of rotatable bonds is 2. The van der Waals surface area contributed by atoms with Gasteiger partial charge in [0, 0.05) is 12.3 Å². The van der Waals surface area contributed by atoms with E-state index in [2.05, 4.69) is 4.98 Å². The zero-order valence-electron chi connectivity index (χ0n) is 13.4. The second-order valence-corrected chi connectivity index (χ2v) is 6.26. The van der Waals surface area contributed by atoms with Crippen LogP contribution in [0.5, 0.6) is 0 Å². The maximum atomic E-state index is 12.0. The molecule has 5 nitrogen and oxygen atoms in total. The Hall–Kier alpha value is -2.17. The smallest absolute Gasteiger partial charge is 0.331 e. The number of fused-ring (bicyclic) bond motifs is 1. The molecule has 0 radical (unpaired) electrons. The van der Waals surface area contributed by atoms with Gasteiger partial charge in [-0.3, -0.25) is 9.78 Å². The molecule has 2 rings (SSSR count). The van der Waals surface area contributed by atoms with Crippen LogP contribution < -0.4 is 0 Å². The molecular weight excluding hydrogens is 282 g/mol. The van der Waals surface area contributed by atoms with Crippen LogP contribution in [-0.2, 0) is 19.1 Å². The summed E-state index contributed by atoms with van der Waals surface area (Å²) in [5.74, 6) is -0.995. The fourth-order valence-electron chi connectivity index (χ4n) is 2.54. The van der Waals surface area contributed by atoms with Crippen molar-refractivity contribution in [1.82, 2.24) is 4.98 Å². The summed E-state index contributed by atoms with van der Waals surface area (Å²) in [5, 5.41) is 0. The highest BCUT2D eigenvalue weighted by atomic mass is 16.6. The first-order valence-electron chi connectivity index (χ1n) is 7.28. The number of esters is 2. The van der Waals surface area contributed by atoms with Crippen LogP contribution in [0.2, 0.25) is 0 Å². The van der Waals surface area contributed by atoms with Gasteiger partial charge in [-0.15, -0.1) is 0 Å². The van der Waals surface area contributed by atoms with Gasteiger partial charge in [0.2, 0.25) is 0 Å². The molecule has 1 aromatic heterocycles. The van der Waals surface area contributed by atoms with Crippen LogP contribution in [-0.4, -0.2) is 29.6 Å². The van der Waals surface area contributed by atoms with Gasteiger partial charge in [0.1, 0.15) is 5.60 Å². The van der Waals surface area contributed by atoms with Crippen molar-refractivity contribution in [2.45, 2.75) is 45.1 Å². The maximum absolute atomic E-state index is 12.0.